The lowest BCUT2D eigenvalue weighted by Crippen LogP contribution is -2.35. The van der Waals surface area contributed by atoms with Crippen LogP contribution in [0.25, 0.3) is 0 Å². The molecule has 1 unspecified atom stereocenters. The van der Waals surface area contributed by atoms with Crippen LogP contribution in [0.15, 0.2) is 18.3 Å². The van der Waals surface area contributed by atoms with Crippen molar-refractivity contribution in [2.45, 2.75) is 39.8 Å². The molecule has 19 heavy (non-hydrogen) atoms. The van der Waals surface area contributed by atoms with Crippen molar-refractivity contribution in [2.75, 3.05) is 32.1 Å². The normalized spacial score (nSPS) is 12.7. The Morgan fingerprint density at radius 1 is 1.42 bits per heavy atom. The van der Waals surface area contributed by atoms with Gasteiger partial charge in [0.25, 0.3) is 0 Å². The number of hydrogen-bond acceptors (Lipinski definition) is 4. The minimum Gasteiger partial charge on any atom is -0.385 e. The van der Waals surface area contributed by atoms with E-state index in [0.717, 1.165) is 44.0 Å². The predicted molar refractivity (Wildman–Crippen MR) is 80.4 cm³/mol. The van der Waals surface area contributed by atoms with Crippen molar-refractivity contribution >= 4 is 5.69 Å². The fourth-order valence-corrected chi connectivity index (χ4v) is 2.01. The summed E-state index contributed by atoms with van der Waals surface area (Å²) < 4.78 is 5.19. The molecule has 0 fully saturated rings. The van der Waals surface area contributed by atoms with Gasteiger partial charge in [0.1, 0.15) is 0 Å². The van der Waals surface area contributed by atoms with Crippen molar-refractivity contribution in [1.82, 2.24) is 9.88 Å². The van der Waals surface area contributed by atoms with Crippen molar-refractivity contribution in [1.29, 1.82) is 0 Å². The summed E-state index contributed by atoms with van der Waals surface area (Å²) in [6.07, 6.45) is 3.01. The number of methoxy groups -OCH3 is 1. The van der Waals surface area contributed by atoms with Crippen LogP contribution >= 0.6 is 0 Å². The molecule has 108 valence electrons. The van der Waals surface area contributed by atoms with Crippen LogP contribution in [0.3, 0.4) is 0 Å². The van der Waals surface area contributed by atoms with Crippen LogP contribution in [0.2, 0.25) is 0 Å². The Bertz CT molecular complexity index is 357. The monoisotopic (exact) mass is 265 g/mol. The van der Waals surface area contributed by atoms with Gasteiger partial charge in [0.15, 0.2) is 0 Å². The fraction of sp³-hybridized carbons (Fsp3) is 0.667. The van der Waals surface area contributed by atoms with Gasteiger partial charge in [-0.05, 0) is 32.4 Å². The third kappa shape index (κ3) is 5.57. The lowest BCUT2D eigenvalue weighted by atomic mass is 10.2. The number of aromatic nitrogens is 1. The highest BCUT2D eigenvalue weighted by Crippen LogP contribution is 2.12. The summed E-state index contributed by atoms with van der Waals surface area (Å²) in [6, 6.07) is 4.68. The maximum Gasteiger partial charge on any atom is 0.0589 e. The van der Waals surface area contributed by atoms with Gasteiger partial charge in [0.05, 0.1) is 12.3 Å². The zero-order valence-corrected chi connectivity index (χ0v) is 12.6. The van der Waals surface area contributed by atoms with Gasteiger partial charge < -0.3 is 10.1 Å². The lowest BCUT2D eigenvalue weighted by molar-refractivity contribution is 0.117. The van der Waals surface area contributed by atoms with E-state index >= 15 is 0 Å². The average Bonchev–Trinajstić information content (AvgIpc) is 2.43. The highest BCUT2D eigenvalue weighted by molar-refractivity contribution is 5.42. The molecule has 4 nitrogen and oxygen atoms in total. The standard InChI is InChI=1S/C15H27N3O/c1-5-13(3)18(9-10-19-4)12-15-11-14(16-6-2)7-8-17-15/h7-8,11,13H,5-6,9-10,12H2,1-4H3,(H,16,17). The van der Waals surface area contributed by atoms with Crippen molar-refractivity contribution in [3.8, 4) is 0 Å². The summed E-state index contributed by atoms with van der Waals surface area (Å²) in [5.41, 5.74) is 2.25. The molecule has 1 N–H and O–H groups in total. The van der Waals surface area contributed by atoms with Gasteiger partial charge in [-0.25, -0.2) is 0 Å². The second kappa shape index (κ2) is 8.88. The summed E-state index contributed by atoms with van der Waals surface area (Å²) in [5.74, 6) is 0. The molecule has 0 radical (unpaired) electrons. The molecule has 1 atom stereocenters. The van der Waals surface area contributed by atoms with E-state index in [2.05, 4.69) is 42.0 Å². The quantitative estimate of drug-likeness (QED) is 0.745. The largest absolute Gasteiger partial charge is 0.385 e. The Kier molecular flexibility index (Phi) is 7.45. The second-order valence-electron chi connectivity index (χ2n) is 4.79. The first-order valence-corrected chi connectivity index (χ1v) is 7.13. The number of rotatable bonds is 9. The van der Waals surface area contributed by atoms with Crippen LogP contribution in [-0.4, -0.2) is 42.7 Å². The molecule has 0 spiro atoms. The SMILES string of the molecule is CCNc1ccnc(CN(CCOC)C(C)CC)c1. The maximum absolute atomic E-state index is 5.19. The number of ether oxygens (including phenoxy) is 1. The summed E-state index contributed by atoms with van der Waals surface area (Å²) in [7, 11) is 1.75. The van der Waals surface area contributed by atoms with Crippen molar-refractivity contribution in [3.05, 3.63) is 24.0 Å². The van der Waals surface area contributed by atoms with Crippen LogP contribution in [-0.2, 0) is 11.3 Å². The molecule has 0 bridgehead atoms. The molecule has 1 heterocycles. The van der Waals surface area contributed by atoms with Crippen LogP contribution < -0.4 is 5.32 Å². The van der Waals surface area contributed by atoms with Gasteiger partial charge in [0.2, 0.25) is 0 Å². The van der Waals surface area contributed by atoms with E-state index in [1.54, 1.807) is 7.11 Å². The van der Waals surface area contributed by atoms with Gasteiger partial charge in [-0.2, -0.15) is 0 Å². The number of pyridine rings is 1. The zero-order valence-electron chi connectivity index (χ0n) is 12.6. The molecule has 0 amide bonds. The Hall–Kier alpha value is -1.13. The van der Waals surface area contributed by atoms with Gasteiger partial charge in [-0.15, -0.1) is 0 Å². The first kappa shape index (κ1) is 15.9. The number of nitrogens with one attached hydrogen (secondary N) is 1. The number of anilines is 1. The molecular formula is C15H27N3O. The molecular weight excluding hydrogens is 238 g/mol. The van der Waals surface area contributed by atoms with Gasteiger partial charge in [0, 0.05) is 44.7 Å². The van der Waals surface area contributed by atoms with E-state index in [1.165, 1.54) is 0 Å². The second-order valence-corrected chi connectivity index (χ2v) is 4.79. The molecule has 4 heteroatoms. The van der Waals surface area contributed by atoms with Gasteiger partial charge in [-0.3, -0.25) is 9.88 Å². The number of hydrogen-bond donors (Lipinski definition) is 1. The molecule has 1 aromatic rings. The van der Waals surface area contributed by atoms with E-state index in [0.29, 0.717) is 6.04 Å². The van der Waals surface area contributed by atoms with Crippen molar-refractivity contribution < 1.29 is 4.74 Å². The molecule has 0 aliphatic carbocycles. The molecule has 0 aliphatic heterocycles. The minimum atomic E-state index is 0.541. The van der Waals surface area contributed by atoms with Crippen LogP contribution in [0.1, 0.15) is 32.9 Å². The van der Waals surface area contributed by atoms with Gasteiger partial charge in [-0.1, -0.05) is 6.92 Å². The summed E-state index contributed by atoms with van der Waals surface area (Å²) in [6.45, 7) is 10.1. The highest BCUT2D eigenvalue weighted by Gasteiger charge is 2.13. The third-order valence-corrected chi connectivity index (χ3v) is 3.36. The number of nitrogens with zero attached hydrogens (tertiary/aromatic N) is 2. The summed E-state index contributed by atoms with van der Waals surface area (Å²) in [5, 5.41) is 3.32. The summed E-state index contributed by atoms with van der Waals surface area (Å²) >= 11 is 0. The topological polar surface area (TPSA) is 37.4 Å². The first-order chi connectivity index (χ1) is 9.21. The van der Waals surface area contributed by atoms with Crippen molar-refractivity contribution in [3.63, 3.8) is 0 Å². The van der Waals surface area contributed by atoms with E-state index in [-0.39, 0.29) is 0 Å². The minimum absolute atomic E-state index is 0.541. The van der Waals surface area contributed by atoms with Crippen LogP contribution in [0, 0.1) is 0 Å². The lowest BCUT2D eigenvalue weighted by Gasteiger charge is -2.27. The molecule has 0 aliphatic rings. The average molecular weight is 265 g/mol. The molecule has 1 aromatic heterocycles. The molecule has 0 aromatic carbocycles. The highest BCUT2D eigenvalue weighted by atomic mass is 16.5. The van der Waals surface area contributed by atoms with E-state index < -0.39 is 0 Å². The Morgan fingerprint density at radius 3 is 2.84 bits per heavy atom. The molecule has 0 saturated carbocycles. The smallest absolute Gasteiger partial charge is 0.0589 e. The maximum atomic E-state index is 5.19. The van der Waals surface area contributed by atoms with Crippen LogP contribution in [0.4, 0.5) is 5.69 Å². The molecule has 0 saturated heterocycles. The molecule has 1 rings (SSSR count). The third-order valence-electron chi connectivity index (χ3n) is 3.36. The predicted octanol–water partition coefficient (Wildman–Crippen LogP) is 2.76. The Morgan fingerprint density at radius 2 is 2.21 bits per heavy atom. The van der Waals surface area contributed by atoms with E-state index in [1.807, 2.05) is 12.3 Å². The van der Waals surface area contributed by atoms with Crippen molar-refractivity contribution in [2.24, 2.45) is 0 Å². The van der Waals surface area contributed by atoms with Crippen LogP contribution in [0.5, 0.6) is 0 Å². The van der Waals surface area contributed by atoms with Gasteiger partial charge >= 0.3 is 0 Å². The Balaban J connectivity index is 2.68. The van der Waals surface area contributed by atoms with E-state index in [9.17, 15) is 0 Å². The fourth-order valence-electron chi connectivity index (χ4n) is 2.01. The Labute approximate surface area is 117 Å². The van der Waals surface area contributed by atoms with E-state index in [4.69, 9.17) is 4.74 Å². The first-order valence-electron chi connectivity index (χ1n) is 7.13. The zero-order chi connectivity index (χ0) is 14.1. The summed E-state index contributed by atoms with van der Waals surface area (Å²) in [4.78, 5) is 6.88.